The van der Waals surface area contributed by atoms with Crippen LogP contribution < -0.4 is 10.5 Å². The molecule has 0 spiro atoms. The van der Waals surface area contributed by atoms with E-state index >= 15 is 0 Å². The second-order valence-corrected chi connectivity index (χ2v) is 4.97. The van der Waals surface area contributed by atoms with Crippen molar-refractivity contribution in [1.82, 2.24) is 9.97 Å². The molecule has 0 aliphatic carbocycles. The fourth-order valence-electron chi connectivity index (χ4n) is 1.22. The van der Waals surface area contributed by atoms with Gasteiger partial charge in [0, 0.05) is 6.20 Å². The number of pyridine rings is 2. The van der Waals surface area contributed by atoms with Gasteiger partial charge >= 0.3 is 0 Å². The van der Waals surface area contributed by atoms with Crippen LogP contribution in [-0.4, -0.2) is 18.4 Å². The standard InChI is InChI=1S/C10H9FN4O2S/c11-8-2-1-5-13-10(8)18(16,17)15-9-4-3-7(12)6-14-9/h1-6H,12H2,(H,14,15). The molecule has 0 amide bonds. The van der Waals surface area contributed by atoms with Crippen LogP contribution in [0.15, 0.2) is 41.7 Å². The van der Waals surface area contributed by atoms with Crippen molar-refractivity contribution in [3.05, 3.63) is 42.5 Å². The number of nitrogens with two attached hydrogens (primary N) is 1. The molecule has 0 saturated carbocycles. The first-order valence-electron chi connectivity index (χ1n) is 4.84. The van der Waals surface area contributed by atoms with Gasteiger partial charge in [0.25, 0.3) is 10.0 Å². The molecule has 8 heteroatoms. The molecule has 0 aliphatic rings. The molecule has 3 N–H and O–H groups in total. The van der Waals surface area contributed by atoms with Gasteiger partial charge in [0.2, 0.25) is 5.03 Å². The molecule has 0 radical (unpaired) electrons. The summed E-state index contributed by atoms with van der Waals surface area (Å²) in [5.41, 5.74) is 5.80. The molecule has 18 heavy (non-hydrogen) atoms. The second-order valence-electron chi connectivity index (χ2n) is 3.37. The third-order valence-electron chi connectivity index (χ3n) is 2.00. The first-order chi connectivity index (χ1) is 8.49. The fourth-order valence-corrected chi connectivity index (χ4v) is 2.24. The van der Waals surface area contributed by atoms with Crippen molar-refractivity contribution in [3.8, 4) is 0 Å². The Labute approximate surface area is 103 Å². The summed E-state index contributed by atoms with van der Waals surface area (Å²) in [7, 11) is -4.10. The van der Waals surface area contributed by atoms with Crippen molar-refractivity contribution >= 4 is 21.5 Å². The molecule has 0 atom stereocenters. The number of nitrogens with zero attached hydrogens (tertiary/aromatic N) is 2. The van der Waals surface area contributed by atoms with Crippen molar-refractivity contribution in [1.29, 1.82) is 0 Å². The molecule has 0 aliphatic heterocycles. The SMILES string of the molecule is Nc1ccc(NS(=O)(=O)c2ncccc2F)nc1. The summed E-state index contributed by atoms with van der Waals surface area (Å²) in [6, 6.07) is 5.15. The van der Waals surface area contributed by atoms with Gasteiger partial charge in [-0.25, -0.2) is 14.4 Å². The van der Waals surface area contributed by atoms with Gasteiger partial charge in [0.05, 0.1) is 11.9 Å². The summed E-state index contributed by atoms with van der Waals surface area (Å²) in [5.74, 6) is -0.894. The maximum absolute atomic E-state index is 13.3. The molecule has 94 valence electrons. The molecule has 2 heterocycles. The molecule has 0 fully saturated rings. The highest BCUT2D eigenvalue weighted by molar-refractivity contribution is 7.92. The Kier molecular flexibility index (Phi) is 3.11. The van der Waals surface area contributed by atoms with Gasteiger partial charge in [0.15, 0.2) is 5.82 Å². The first kappa shape index (κ1) is 12.2. The molecule has 0 aromatic carbocycles. The number of sulfonamides is 1. The zero-order valence-electron chi connectivity index (χ0n) is 9.04. The smallest absolute Gasteiger partial charge is 0.283 e. The van der Waals surface area contributed by atoms with E-state index in [0.717, 1.165) is 6.07 Å². The molecule has 0 unspecified atom stereocenters. The highest BCUT2D eigenvalue weighted by Crippen LogP contribution is 2.15. The zero-order valence-corrected chi connectivity index (χ0v) is 9.86. The van der Waals surface area contributed by atoms with Crippen molar-refractivity contribution in [2.45, 2.75) is 5.03 Å². The van der Waals surface area contributed by atoms with Crippen LogP contribution in [0.3, 0.4) is 0 Å². The lowest BCUT2D eigenvalue weighted by molar-refractivity contribution is 0.556. The fraction of sp³-hybridized carbons (Fsp3) is 0. The van der Waals surface area contributed by atoms with E-state index in [1.165, 1.54) is 30.6 Å². The van der Waals surface area contributed by atoms with E-state index in [-0.39, 0.29) is 5.82 Å². The zero-order chi connectivity index (χ0) is 13.2. The Bertz CT molecular complexity index is 658. The molecular weight excluding hydrogens is 259 g/mol. The number of rotatable bonds is 3. The van der Waals surface area contributed by atoms with Crippen molar-refractivity contribution in [3.63, 3.8) is 0 Å². The van der Waals surface area contributed by atoms with E-state index in [1.807, 2.05) is 0 Å². The normalized spacial score (nSPS) is 11.2. The maximum atomic E-state index is 13.3. The van der Waals surface area contributed by atoms with E-state index in [4.69, 9.17) is 5.73 Å². The van der Waals surface area contributed by atoms with Gasteiger partial charge < -0.3 is 5.73 Å². The summed E-state index contributed by atoms with van der Waals surface area (Å²) in [6.07, 6.45) is 2.47. The number of hydrogen-bond acceptors (Lipinski definition) is 5. The number of halogens is 1. The topological polar surface area (TPSA) is 98.0 Å². The number of nitrogens with one attached hydrogen (secondary N) is 1. The average Bonchev–Trinajstić information content (AvgIpc) is 2.32. The summed E-state index contributed by atoms with van der Waals surface area (Å²) in [5, 5.41) is -0.677. The predicted molar refractivity (Wildman–Crippen MR) is 63.7 cm³/mol. The Morgan fingerprint density at radius 2 is 2.00 bits per heavy atom. The number of hydrogen-bond donors (Lipinski definition) is 2. The van der Waals surface area contributed by atoms with Crippen LogP contribution in [0.4, 0.5) is 15.9 Å². The van der Waals surface area contributed by atoms with Crippen LogP contribution in [0.5, 0.6) is 0 Å². The first-order valence-corrected chi connectivity index (χ1v) is 6.32. The van der Waals surface area contributed by atoms with Gasteiger partial charge in [-0.3, -0.25) is 4.72 Å². The Morgan fingerprint density at radius 3 is 2.61 bits per heavy atom. The minimum absolute atomic E-state index is 0.0363. The monoisotopic (exact) mass is 268 g/mol. The van der Waals surface area contributed by atoms with Gasteiger partial charge in [-0.05, 0) is 24.3 Å². The van der Waals surface area contributed by atoms with Crippen LogP contribution in [-0.2, 0) is 10.0 Å². The van der Waals surface area contributed by atoms with Gasteiger partial charge in [0.1, 0.15) is 5.82 Å². The molecule has 0 saturated heterocycles. The highest BCUT2D eigenvalue weighted by Gasteiger charge is 2.20. The van der Waals surface area contributed by atoms with Crippen LogP contribution in [0, 0.1) is 5.82 Å². The molecular formula is C10H9FN4O2S. The lowest BCUT2D eigenvalue weighted by Crippen LogP contribution is -2.16. The molecule has 2 rings (SSSR count). The molecule has 2 aromatic rings. The van der Waals surface area contributed by atoms with E-state index < -0.39 is 20.9 Å². The van der Waals surface area contributed by atoms with Crippen LogP contribution in [0.2, 0.25) is 0 Å². The number of aromatic nitrogens is 2. The van der Waals surface area contributed by atoms with Gasteiger partial charge in [-0.2, -0.15) is 8.42 Å². The maximum Gasteiger partial charge on any atom is 0.283 e. The molecule has 0 bridgehead atoms. The minimum atomic E-state index is -4.10. The summed E-state index contributed by atoms with van der Waals surface area (Å²) >= 11 is 0. The summed E-state index contributed by atoms with van der Waals surface area (Å²) in [4.78, 5) is 7.24. The Balaban J connectivity index is 2.33. The minimum Gasteiger partial charge on any atom is -0.397 e. The van der Waals surface area contributed by atoms with E-state index in [1.54, 1.807) is 0 Å². The summed E-state index contributed by atoms with van der Waals surface area (Å²) < 4.78 is 39.1. The van der Waals surface area contributed by atoms with Crippen LogP contribution >= 0.6 is 0 Å². The van der Waals surface area contributed by atoms with Crippen molar-refractivity contribution < 1.29 is 12.8 Å². The molecule has 2 aromatic heterocycles. The second kappa shape index (κ2) is 4.57. The van der Waals surface area contributed by atoms with E-state index in [0.29, 0.717) is 5.69 Å². The highest BCUT2D eigenvalue weighted by atomic mass is 32.2. The number of nitrogen functional groups attached to an aromatic ring is 1. The predicted octanol–water partition coefficient (Wildman–Crippen LogP) is 0.999. The summed E-state index contributed by atoms with van der Waals surface area (Å²) in [6.45, 7) is 0. The quantitative estimate of drug-likeness (QED) is 0.865. The van der Waals surface area contributed by atoms with Crippen molar-refractivity contribution in [2.24, 2.45) is 0 Å². The average molecular weight is 268 g/mol. The van der Waals surface area contributed by atoms with E-state index in [2.05, 4.69) is 14.7 Å². The Morgan fingerprint density at radius 1 is 1.22 bits per heavy atom. The third-order valence-corrected chi connectivity index (χ3v) is 3.29. The lowest BCUT2D eigenvalue weighted by atomic mass is 10.4. The van der Waals surface area contributed by atoms with Crippen LogP contribution in [0.25, 0.3) is 0 Å². The number of anilines is 2. The van der Waals surface area contributed by atoms with Gasteiger partial charge in [-0.1, -0.05) is 0 Å². The lowest BCUT2D eigenvalue weighted by Gasteiger charge is -2.06. The van der Waals surface area contributed by atoms with Crippen LogP contribution in [0.1, 0.15) is 0 Å². The Hall–Kier alpha value is -2.22. The largest absolute Gasteiger partial charge is 0.397 e. The molecule has 6 nitrogen and oxygen atoms in total. The van der Waals surface area contributed by atoms with Crippen molar-refractivity contribution in [2.75, 3.05) is 10.5 Å². The van der Waals surface area contributed by atoms with Gasteiger partial charge in [-0.15, -0.1) is 0 Å². The van der Waals surface area contributed by atoms with E-state index in [9.17, 15) is 12.8 Å². The third kappa shape index (κ3) is 2.54.